The van der Waals surface area contributed by atoms with Crippen molar-refractivity contribution in [3.05, 3.63) is 16.1 Å². The first-order valence-corrected chi connectivity index (χ1v) is 5.64. The molecular formula is C10H19N2S+. The van der Waals surface area contributed by atoms with Crippen molar-refractivity contribution in [1.29, 1.82) is 0 Å². The van der Waals surface area contributed by atoms with Gasteiger partial charge in [-0.05, 0) is 13.3 Å². The van der Waals surface area contributed by atoms with Crippen LogP contribution in [-0.4, -0.2) is 30.1 Å². The zero-order valence-corrected chi connectivity index (χ0v) is 9.82. The number of hydrogen-bond acceptors (Lipinski definition) is 2. The van der Waals surface area contributed by atoms with Crippen LogP contribution in [-0.2, 0) is 6.54 Å². The van der Waals surface area contributed by atoms with E-state index in [1.807, 2.05) is 5.51 Å². The van der Waals surface area contributed by atoms with Gasteiger partial charge in [0.25, 0.3) is 0 Å². The molecule has 3 heteroatoms. The number of rotatable bonds is 4. The Morgan fingerprint density at radius 1 is 1.46 bits per heavy atom. The lowest BCUT2D eigenvalue weighted by atomic mass is 10.3. The van der Waals surface area contributed by atoms with E-state index >= 15 is 0 Å². The van der Waals surface area contributed by atoms with E-state index < -0.39 is 0 Å². The van der Waals surface area contributed by atoms with Gasteiger partial charge in [-0.25, -0.2) is 4.98 Å². The molecular weight excluding hydrogens is 180 g/mol. The first-order valence-electron chi connectivity index (χ1n) is 4.76. The van der Waals surface area contributed by atoms with Gasteiger partial charge >= 0.3 is 0 Å². The summed E-state index contributed by atoms with van der Waals surface area (Å²) in [7, 11) is 4.56. The Morgan fingerprint density at radius 3 is 2.62 bits per heavy atom. The molecule has 1 heterocycles. The first kappa shape index (κ1) is 10.7. The van der Waals surface area contributed by atoms with Crippen LogP contribution < -0.4 is 0 Å². The Hall–Kier alpha value is -0.410. The van der Waals surface area contributed by atoms with Gasteiger partial charge in [0.15, 0.2) is 0 Å². The minimum Gasteiger partial charge on any atom is -0.324 e. The van der Waals surface area contributed by atoms with E-state index in [1.54, 1.807) is 11.3 Å². The van der Waals surface area contributed by atoms with Crippen LogP contribution in [0.3, 0.4) is 0 Å². The molecule has 0 aromatic carbocycles. The van der Waals surface area contributed by atoms with Gasteiger partial charge in [0.2, 0.25) is 0 Å². The average molecular weight is 199 g/mol. The van der Waals surface area contributed by atoms with Gasteiger partial charge in [-0.15, -0.1) is 11.3 Å². The Morgan fingerprint density at radius 2 is 2.15 bits per heavy atom. The minimum absolute atomic E-state index is 1.07. The predicted octanol–water partition coefficient (Wildman–Crippen LogP) is 2.44. The van der Waals surface area contributed by atoms with Crippen molar-refractivity contribution in [3.8, 4) is 0 Å². The molecule has 0 aliphatic rings. The molecule has 2 nitrogen and oxygen atoms in total. The SMILES string of the molecule is CCC[N+](C)(C)Cc1scnc1C. The second kappa shape index (κ2) is 4.20. The normalized spacial score (nSPS) is 12.0. The Balaban J connectivity index is 2.63. The molecule has 74 valence electrons. The molecule has 0 bridgehead atoms. The van der Waals surface area contributed by atoms with E-state index in [0.717, 1.165) is 11.0 Å². The molecule has 1 rings (SSSR count). The monoisotopic (exact) mass is 199 g/mol. The number of nitrogens with zero attached hydrogens (tertiary/aromatic N) is 2. The first-order chi connectivity index (χ1) is 6.05. The maximum Gasteiger partial charge on any atom is 0.115 e. The molecule has 0 fully saturated rings. The molecule has 0 aliphatic carbocycles. The Labute approximate surface area is 84.8 Å². The van der Waals surface area contributed by atoms with Crippen LogP contribution >= 0.6 is 11.3 Å². The van der Waals surface area contributed by atoms with Crippen molar-refractivity contribution in [2.45, 2.75) is 26.8 Å². The lowest BCUT2D eigenvalue weighted by Gasteiger charge is -2.28. The summed E-state index contributed by atoms with van der Waals surface area (Å²) >= 11 is 1.78. The molecule has 0 saturated carbocycles. The number of aryl methyl sites for hydroxylation is 1. The molecule has 0 radical (unpaired) electrons. The molecule has 0 saturated heterocycles. The molecule has 0 atom stereocenters. The van der Waals surface area contributed by atoms with Crippen LogP contribution in [0.15, 0.2) is 5.51 Å². The molecule has 0 unspecified atom stereocenters. The Kier molecular flexibility index (Phi) is 3.45. The van der Waals surface area contributed by atoms with Crippen molar-refractivity contribution >= 4 is 11.3 Å². The quantitative estimate of drug-likeness (QED) is 0.679. The van der Waals surface area contributed by atoms with Gasteiger partial charge in [-0.3, -0.25) is 0 Å². The summed E-state index contributed by atoms with van der Waals surface area (Å²) in [5.74, 6) is 0. The highest BCUT2D eigenvalue weighted by atomic mass is 32.1. The lowest BCUT2D eigenvalue weighted by molar-refractivity contribution is -0.903. The summed E-state index contributed by atoms with van der Waals surface area (Å²) in [5, 5.41) is 0. The molecule has 0 spiro atoms. The van der Waals surface area contributed by atoms with Gasteiger partial charge < -0.3 is 4.48 Å². The highest BCUT2D eigenvalue weighted by molar-refractivity contribution is 7.09. The van der Waals surface area contributed by atoms with E-state index in [4.69, 9.17) is 0 Å². The molecule has 13 heavy (non-hydrogen) atoms. The zero-order chi connectivity index (χ0) is 9.90. The summed E-state index contributed by atoms with van der Waals surface area (Å²) in [6.45, 7) is 6.68. The van der Waals surface area contributed by atoms with Gasteiger partial charge in [0, 0.05) is 0 Å². The van der Waals surface area contributed by atoms with E-state index in [9.17, 15) is 0 Å². The fourth-order valence-electron chi connectivity index (χ4n) is 1.55. The predicted molar refractivity (Wildman–Crippen MR) is 57.8 cm³/mol. The van der Waals surface area contributed by atoms with Gasteiger partial charge in [-0.1, -0.05) is 6.92 Å². The molecule has 0 aliphatic heterocycles. The fraction of sp³-hybridized carbons (Fsp3) is 0.700. The van der Waals surface area contributed by atoms with E-state index in [-0.39, 0.29) is 0 Å². The van der Waals surface area contributed by atoms with Gasteiger partial charge in [0.05, 0.1) is 36.7 Å². The summed E-state index contributed by atoms with van der Waals surface area (Å²) < 4.78 is 1.07. The largest absolute Gasteiger partial charge is 0.324 e. The van der Waals surface area contributed by atoms with Crippen LogP contribution in [0.4, 0.5) is 0 Å². The molecule has 0 amide bonds. The number of thiazole rings is 1. The second-order valence-corrected chi connectivity index (χ2v) is 5.12. The van der Waals surface area contributed by atoms with Crippen molar-refractivity contribution in [3.63, 3.8) is 0 Å². The standard InChI is InChI=1S/C10H19N2S/c1-5-6-12(3,4)7-10-9(2)11-8-13-10/h8H,5-7H2,1-4H3/q+1. The fourth-order valence-corrected chi connectivity index (χ4v) is 2.54. The van der Waals surface area contributed by atoms with Crippen LogP contribution in [0.2, 0.25) is 0 Å². The lowest BCUT2D eigenvalue weighted by Crippen LogP contribution is -2.39. The maximum atomic E-state index is 4.27. The summed E-state index contributed by atoms with van der Waals surface area (Å²) in [5.41, 5.74) is 3.14. The molecule has 1 aromatic heterocycles. The van der Waals surface area contributed by atoms with Crippen molar-refractivity contribution in [1.82, 2.24) is 4.98 Å². The van der Waals surface area contributed by atoms with Gasteiger partial charge in [-0.2, -0.15) is 0 Å². The number of hydrogen-bond donors (Lipinski definition) is 0. The highest BCUT2D eigenvalue weighted by Gasteiger charge is 2.16. The number of quaternary nitrogens is 1. The van der Waals surface area contributed by atoms with Crippen LogP contribution in [0.25, 0.3) is 0 Å². The topological polar surface area (TPSA) is 12.9 Å². The minimum atomic E-state index is 1.07. The average Bonchev–Trinajstić information content (AvgIpc) is 2.35. The maximum absolute atomic E-state index is 4.27. The zero-order valence-electron chi connectivity index (χ0n) is 9.00. The summed E-state index contributed by atoms with van der Waals surface area (Å²) in [6.07, 6.45) is 1.24. The molecule has 0 N–H and O–H groups in total. The van der Waals surface area contributed by atoms with E-state index in [2.05, 4.69) is 32.9 Å². The highest BCUT2D eigenvalue weighted by Crippen LogP contribution is 2.17. The smallest absolute Gasteiger partial charge is 0.115 e. The number of aromatic nitrogens is 1. The summed E-state index contributed by atoms with van der Waals surface area (Å²) in [4.78, 5) is 5.70. The van der Waals surface area contributed by atoms with Crippen molar-refractivity contribution in [2.75, 3.05) is 20.6 Å². The van der Waals surface area contributed by atoms with E-state index in [0.29, 0.717) is 0 Å². The van der Waals surface area contributed by atoms with Crippen molar-refractivity contribution in [2.24, 2.45) is 0 Å². The van der Waals surface area contributed by atoms with Crippen LogP contribution in [0.5, 0.6) is 0 Å². The van der Waals surface area contributed by atoms with Crippen LogP contribution in [0.1, 0.15) is 23.9 Å². The second-order valence-electron chi connectivity index (χ2n) is 4.18. The third kappa shape index (κ3) is 3.08. The summed E-state index contributed by atoms with van der Waals surface area (Å²) in [6, 6.07) is 0. The van der Waals surface area contributed by atoms with E-state index in [1.165, 1.54) is 23.5 Å². The Bertz CT molecular complexity index is 266. The third-order valence-electron chi connectivity index (χ3n) is 2.25. The van der Waals surface area contributed by atoms with Crippen LogP contribution in [0, 0.1) is 6.92 Å². The molecule has 1 aromatic rings. The van der Waals surface area contributed by atoms with Gasteiger partial charge in [0.1, 0.15) is 6.54 Å². The van der Waals surface area contributed by atoms with Crippen molar-refractivity contribution < 1.29 is 4.48 Å². The third-order valence-corrected chi connectivity index (χ3v) is 3.17.